The molecule has 0 fully saturated rings. The summed E-state index contributed by atoms with van der Waals surface area (Å²) in [5, 5.41) is 9.22. The zero-order valence-corrected chi connectivity index (χ0v) is 13.9. The number of benzene rings is 2. The molecule has 0 saturated carbocycles. The molecule has 0 radical (unpaired) electrons. The molecule has 0 bridgehead atoms. The van der Waals surface area contributed by atoms with Gasteiger partial charge in [0.2, 0.25) is 0 Å². The molecular formula is C19H26N2O. The molecule has 0 saturated heterocycles. The first-order valence-corrected chi connectivity index (χ1v) is 8.14. The number of anilines is 2. The van der Waals surface area contributed by atoms with Gasteiger partial charge in [0.05, 0.1) is 0 Å². The summed E-state index contributed by atoms with van der Waals surface area (Å²) in [6.07, 6.45) is 3.04. The Labute approximate surface area is 133 Å². The van der Waals surface area contributed by atoms with Gasteiger partial charge in [-0.3, -0.25) is 4.79 Å². The first-order valence-electron chi connectivity index (χ1n) is 8.14. The highest BCUT2D eigenvalue weighted by molar-refractivity contribution is 6.09. The zero-order valence-electron chi connectivity index (χ0n) is 13.9. The van der Waals surface area contributed by atoms with Gasteiger partial charge < -0.3 is 10.6 Å². The molecule has 0 heterocycles. The molecule has 0 aliphatic carbocycles. The normalized spacial score (nSPS) is 13.6. The maximum atomic E-state index is 11.4. The van der Waals surface area contributed by atoms with Crippen LogP contribution in [0.4, 0.5) is 11.4 Å². The number of fused-ring (bicyclic) bond motifs is 1. The Hall–Kier alpha value is -2.03. The minimum atomic E-state index is 0.391. The fraction of sp³-hybridized carbons (Fsp3) is 0.421. The van der Waals surface area contributed by atoms with E-state index in [4.69, 9.17) is 0 Å². The second-order valence-corrected chi connectivity index (χ2v) is 5.96. The van der Waals surface area contributed by atoms with E-state index in [1.54, 1.807) is 0 Å². The van der Waals surface area contributed by atoms with Crippen molar-refractivity contribution in [2.45, 2.75) is 52.6 Å². The number of hydrogen-bond acceptors (Lipinski definition) is 3. The summed E-state index contributed by atoms with van der Waals surface area (Å²) < 4.78 is 0. The summed E-state index contributed by atoms with van der Waals surface area (Å²) in [7, 11) is 0. The minimum Gasteiger partial charge on any atom is -0.382 e. The van der Waals surface area contributed by atoms with Crippen molar-refractivity contribution in [3.8, 4) is 0 Å². The predicted octanol–water partition coefficient (Wildman–Crippen LogP) is 5.07. The third-order valence-corrected chi connectivity index (χ3v) is 4.23. The van der Waals surface area contributed by atoms with Crippen molar-refractivity contribution in [2.24, 2.45) is 0 Å². The molecule has 2 unspecified atom stereocenters. The lowest BCUT2D eigenvalue weighted by Crippen LogP contribution is -2.16. The van der Waals surface area contributed by atoms with Crippen LogP contribution in [-0.2, 0) is 0 Å². The number of rotatable bonds is 7. The van der Waals surface area contributed by atoms with Crippen LogP contribution in [0.5, 0.6) is 0 Å². The average molecular weight is 298 g/mol. The van der Waals surface area contributed by atoms with E-state index in [9.17, 15) is 4.79 Å². The van der Waals surface area contributed by atoms with Crippen LogP contribution in [0, 0.1) is 0 Å². The molecule has 3 heteroatoms. The first-order chi connectivity index (χ1) is 10.6. The van der Waals surface area contributed by atoms with E-state index in [2.05, 4.69) is 44.4 Å². The lowest BCUT2D eigenvalue weighted by molar-refractivity contribution is 0.112. The lowest BCUT2D eigenvalue weighted by Gasteiger charge is -2.20. The molecular weight excluding hydrogens is 272 g/mol. The standard InChI is InChI=1S/C19H26N2O/c1-5-13(3)20-17-9-7-8-16-15(12-22)10-11-18(19(16)17)21-14(4)6-2/h7-14,20-21H,5-6H2,1-4H3. The van der Waals surface area contributed by atoms with Crippen LogP contribution in [0.15, 0.2) is 30.3 Å². The van der Waals surface area contributed by atoms with Crippen LogP contribution in [0.3, 0.4) is 0 Å². The largest absolute Gasteiger partial charge is 0.382 e. The van der Waals surface area contributed by atoms with E-state index < -0.39 is 0 Å². The van der Waals surface area contributed by atoms with Gasteiger partial charge in [0.1, 0.15) is 0 Å². The third-order valence-electron chi connectivity index (χ3n) is 4.23. The SMILES string of the molecule is CCC(C)Nc1cccc2c(C=O)ccc(NC(C)CC)c12. The maximum absolute atomic E-state index is 11.4. The van der Waals surface area contributed by atoms with E-state index in [1.165, 1.54) is 0 Å². The van der Waals surface area contributed by atoms with Gasteiger partial charge in [-0.25, -0.2) is 0 Å². The highest BCUT2D eigenvalue weighted by Crippen LogP contribution is 2.33. The molecule has 0 aliphatic heterocycles. The van der Waals surface area contributed by atoms with Crippen molar-refractivity contribution in [2.75, 3.05) is 10.6 Å². The van der Waals surface area contributed by atoms with E-state index in [1.807, 2.05) is 24.3 Å². The summed E-state index contributed by atoms with van der Waals surface area (Å²) in [4.78, 5) is 11.4. The van der Waals surface area contributed by atoms with Crippen LogP contribution < -0.4 is 10.6 Å². The maximum Gasteiger partial charge on any atom is 0.150 e. The lowest BCUT2D eigenvalue weighted by atomic mass is 10.0. The fourth-order valence-electron chi connectivity index (χ4n) is 2.51. The number of carbonyl (C=O) groups is 1. The van der Waals surface area contributed by atoms with Crippen molar-refractivity contribution in [1.82, 2.24) is 0 Å². The number of carbonyl (C=O) groups excluding carboxylic acids is 1. The van der Waals surface area contributed by atoms with Crippen molar-refractivity contribution >= 4 is 28.4 Å². The van der Waals surface area contributed by atoms with Crippen LogP contribution in [-0.4, -0.2) is 18.4 Å². The van der Waals surface area contributed by atoms with Gasteiger partial charge in [-0.1, -0.05) is 26.0 Å². The number of hydrogen-bond donors (Lipinski definition) is 2. The monoisotopic (exact) mass is 298 g/mol. The van der Waals surface area contributed by atoms with Gasteiger partial charge in [0.25, 0.3) is 0 Å². The zero-order chi connectivity index (χ0) is 16.1. The third kappa shape index (κ3) is 3.41. The van der Waals surface area contributed by atoms with Crippen molar-refractivity contribution in [3.63, 3.8) is 0 Å². The number of aldehydes is 1. The van der Waals surface area contributed by atoms with Crippen molar-refractivity contribution in [1.29, 1.82) is 0 Å². The molecule has 118 valence electrons. The molecule has 2 rings (SSSR count). The van der Waals surface area contributed by atoms with Gasteiger partial charge in [0, 0.05) is 34.4 Å². The molecule has 2 N–H and O–H groups in total. The van der Waals surface area contributed by atoms with Gasteiger partial charge in [-0.2, -0.15) is 0 Å². The second-order valence-electron chi connectivity index (χ2n) is 5.96. The van der Waals surface area contributed by atoms with Crippen molar-refractivity contribution < 1.29 is 4.79 Å². The molecule has 0 amide bonds. The summed E-state index contributed by atoms with van der Waals surface area (Å²) in [5.74, 6) is 0. The minimum absolute atomic E-state index is 0.391. The van der Waals surface area contributed by atoms with Crippen LogP contribution in [0.2, 0.25) is 0 Å². The van der Waals surface area contributed by atoms with Gasteiger partial charge in [-0.05, 0) is 50.3 Å². The van der Waals surface area contributed by atoms with E-state index in [0.717, 1.165) is 46.8 Å². The van der Waals surface area contributed by atoms with Gasteiger partial charge in [0.15, 0.2) is 6.29 Å². The van der Waals surface area contributed by atoms with E-state index in [0.29, 0.717) is 12.1 Å². The summed E-state index contributed by atoms with van der Waals surface area (Å²) in [5.41, 5.74) is 2.90. The molecule has 0 aromatic heterocycles. The summed E-state index contributed by atoms with van der Waals surface area (Å²) >= 11 is 0. The Morgan fingerprint density at radius 1 is 0.955 bits per heavy atom. The van der Waals surface area contributed by atoms with Gasteiger partial charge >= 0.3 is 0 Å². The Morgan fingerprint density at radius 2 is 1.55 bits per heavy atom. The molecule has 0 spiro atoms. The first kappa shape index (κ1) is 16.3. The van der Waals surface area contributed by atoms with E-state index in [-0.39, 0.29) is 0 Å². The quantitative estimate of drug-likeness (QED) is 0.701. The highest BCUT2D eigenvalue weighted by Gasteiger charge is 2.12. The summed E-state index contributed by atoms with van der Waals surface area (Å²) in [6, 6.07) is 10.8. The second kappa shape index (κ2) is 7.30. The Kier molecular flexibility index (Phi) is 5.42. The molecule has 3 nitrogen and oxygen atoms in total. The van der Waals surface area contributed by atoms with Crippen LogP contribution in [0.1, 0.15) is 50.9 Å². The van der Waals surface area contributed by atoms with Crippen molar-refractivity contribution in [3.05, 3.63) is 35.9 Å². The summed E-state index contributed by atoms with van der Waals surface area (Å²) in [6.45, 7) is 8.67. The molecule has 2 aromatic rings. The molecule has 0 aliphatic rings. The fourth-order valence-corrected chi connectivity index (χ4v) is 2.51. The average Bonchev–Trinajstić information content (AvgIpc) is 2.54. The molecule has 22 heavy (non-hydrogen) atoms. The topological polar surface area (TPSA) is 41.1 Å². The predicted molar refractivity (Wildman–Crippen MR) is 96.1 cm³/mol. The molecule has 2 atom stereocenters. The van der Waals surface area contributed by atoms with Crippen LogP contribution >= 0.6 is 0 Å². The molecule has 2 aromatic carbocycles. The van der Waals surface area contributed by atoms with E-state index >= 15 is 0 Å². The Bertz CT molecular complexity index is 633. The van der Waals surface area contributed by atoms with Gasteiger partial charge in [-0.15, -0.1) is 0 Å². The Balaban J connectivity index is 2.61. The van der Waals surface area contributed by atoms with Crippen LogP contribution in [0.25, 0.3) is 10.8 Å². The highest BCUT2D eigenvalue weighted by atomic mass is 16.1. The number of nitrogens with one attached hydrogen (secondary N) is 2. The smallest absolute Gasteiger partial charge is 0.150 e. The Morgan fingerprint density at radius 3 is 2.09 bits per heavy atom.